The topological polar surface area (TPSA) is 38.3 Å². The van der Waals surface area contributed by atoms with Crippen molar-refractivity contribution in [2.45, 2.75) is 44.1 Å². The predicted molar refractivity (Wildman–Crippen MR) is 61.2 cm³/mol. The van der Waals surface area contributed by atoms with Crippen molar-refractivity contribution in [3.8, 4) is 0 Å². The fraction of sp³-hybridized carbons (Fsp3) is 0.909. The number of hydrogen-bond acceptors (Lipinski definition) is 3. The maximum atomic E-state index is 11.5. The van der Waals surface area contributed by atoms with Crippen LogP contribution in [0.25, 0.3) is 0 Å². The Kier molecular flexibility index (Phi) is 4.41. The highest BCUT2D eigenvalue weighted by Gasteiger charge is 2.40. The van der Waals surface area contributed by atoms with E-state index in [-0.39, 0.29) is 29.8 Å². The van der Waals surface area contributed by atoms with Crippen molar-refractivity contribution in [1.82, 2.24) is 5.32 Å². The van der Waals surface area contributed by atoms with E-state index in [1.54, 1.807) is 0 Å². The van der Waals surface area contributed by atoms with Crippen molar-refractivity contribution in [2.75, 3.05) is 13.7 Å². The van der Waals surface area contributed by atoms with Gasteiger partial charge in [-0.3, -0.25) is 4.79 Å². The molecule has 1 spiro atoms. The van der Waals surface area contributed by atoms with Gasteiger partial charge in [0.2, 0.25) is 0 Å². The lowest BCUT2D eigenvalue weighted by molar-refractivity contribution is -0.147. The van der Waals surface area contributed by atoms with Gasteiger partial charge in [-0.2, -0.15) is 0 Å². The summed E-state index contributed by atoms with van der Waals surface area (Å²) in [5, 5.41) is 3.60. The molecule has 4 heteroatoms. The Morgan fingerprint density at radius 1 is 1.40 bits per heavy atom. The Bertz CT molecular complexity index is 227. The molecule has 2 rings (SSSR count). The van der Waals surface area contributed by atoms with Crippen molar-refractivity contribution in [3.63, 3.8) is 0 Å². The number of esters is 1. The number of methoxy groups -OCH3 is 1. The summed E-state index contributed by atoms with van der Waals surface area (Å²) in [6, 6.07) is 0. The third-order valence-corrected chi connectivity index (χ3v) is 3.73. The molecule has 1 N–H and O–H groups in total. The van der Waals surface area contributed by atoms with Crippen LogP contribution in [0.15, 0.2) is 0 Å². The Balaban J connectivity index is 0.00000112. The first-order chi connectivity index (χ1) is 6.76. The minimum absolute atomic E-state index is 0. The maximum Gasteiger partial charge on any atom is 0.308 e. The molecule has 1 saturated carbocycles. The van der Waals surface area contributed by atoms with E-state index >= 15 is 0 Å². The van der Waals surface area contributed by atoms with Gasteiger partial charge in [0.1, 0.15) is 0 Å². The zero-order valence-electron chi connectivity index (χ0n) is 9.25. The number of nitrogens with one attached hydrogen (secondary N) is 1. The molecule has 88 valence electrons. The Morgan fingerprint density at radius 3 is 2.67 bits per heavy atom. The zero-order chi connectivity index (χ0) is 10.0. The summed E-state index contributed by atoms with van der Waals surface area (Å²) in [4.78, 5) is 11.5. The van der Waals surface area contributed by atoms with Gasteiger partial charge >= 0.3 is 5.97 Å². The molecular formula is C11H20ClNO2. The molecule has 0 bridgehead atoms. The number of carbonyl (C=O) groups is 1. The van der Waals surface area contributed by atoms with Gasteiger partial charge in [-0.25, -0.2) is 0 Å². The SMILES string of the molecule is COC(=O)C1CCNC2(CCCC2)C1.Cl. The van der Waals surface area contributed by atoms with Crippen molar-refractivity contribution in [2.24, 2.45) is 5.92 Å². The number of hydrogen-bond donors (Lipinski definition) is 1. The standard InChI is InChI=1S/C11H19NO2.ClH/c1-14-10(13)9-4-7-12-11(8-9)5-2-3-6-11;/h9,12H,2-8H2,1H3;1H. The smallest absolute Gasteiger partial charge is 0.308 e. The van der Waals surface area contributed by atoms with Gasteiger partial charge in [0.15, 0.2) is 0 Å². The van der Waals surface area contributed by atoms with E-state index in [1.807, 2.05) is 0 Å². The van der Waals surface area contributed by atoms with Crippen LogP contribution in [0.5, 0.6) is 0 Å². The van der Waals surface area contributed by atoms with Crippen molar-refractivity contribution in [3.05, 3.63) is 0 Å². The molecule has 2 aliphatic rings. The number of carbonyl (C=O) groups excluding carboxylic acids is 1. The lowest BCUT2D eigenvalue weighted by atomic mass is 9.81. The van der Waals surface area contributed by atoms with Crippen molar-refractivity contribution >= 4 is 18.4 Å². The van der Waals surface area contributed by atoms with E-state index in [0.29, 0.717) is 0 Å². The van der Waals surface area contributed by atoms with Gasteiger partial charge in [-0.05, 0) is 32.2 Å². The van der Waals surface area contributed by atoms with Gasteiger partial charge in [0, 0.05) is 5.54 Å². The first-order valence-corrected chi connectivity index (χ1v) is 5.59. The molecular weight excluding hydrogens is 214 g/mol. The molecule has 0 aromatic rings. The molecule has 3 nitrogen and oxygen atoms in total. The number of piperidine rings is 1. The van der Waals surface area contributed by atoms with E-state index in [9.17, 15) is 4.79 Å². The highest BCUT2D eigenvalue weighted by molar-refractivity contribution is 5.85. The van der Waals surface area contributed by atoms with Crippen LogP contribution in [0.1, 0.15) is 38.5 Å². The Hall–Kier alpha value is -0.280. The zero-order valence-corrected chi connectivity index (χ0v) is 10.1. The van der Waals surface area contributed by atoms with E-state index < -0.39 is 0 Å². The number of halogens is 1. The van der Waals surface area contributed by atoms with Crippen LogP contribution in [0.2, 0.25) is 0 Å². The minimum Gasteiger partial charge on any atom is -0.469 e. The molecule has 0 aromatic heterocycles. The van der Waals surface area contributed by atoms with Crippen molar-refractivity contribution < 1.29 is 9.53 Å². The Labute approximate surface area is 97.4 Å². The molecule has 1 aliphatic carbocycles. The fourth-order valence-corrected chi connectivity index (χ4v) is 2.96. The maximum absolute atomic E-state index is 11.5. The molecule has 1 saturated heterocycles. The summed E-state index contributed by atoms with van der Waals surface area (Å²) >= 11 is 0. The number of ether oxygens (including phenoxy) is 1. The van der Waals surface area contributed by atoms with E-state index in [4.69, 9.17) is 4.74 Å². The van der Waals surface area contributed by atoms with E-state index in [2.05, 4.69) is 5.32 Å². The van der Waals surface area contributed by atoms with Gasteiger partial charge < -0.3 is 10.1 Å². The van der Waals surface area contributed by atoms with Gasteiger partial charge in [0.25, 0.3) is 0 Å². The molecule has 15 heavy (non-hydrogen) atoms. The van der Waals surface area contributed by atoms with Gasteiger partial charge in [-0.1, -0.05) is 12.8 Å². The second kappa shape index (κ2) is 5.17. The second-order valence-corrected chi connectivity index (χ2v) is 4.63. The van der Waals surface area contributed by atoms with E-state index in [1.165, 1.54) is 32.8 Å². The highest BCUT2D eigenvalue weighted by Crippen LogP contribution is 2.38. The van der Waals surface area contributed by atoms with Crippen LogP contribution in [0.4, 0.5) is 0 Å². The van der Waals surface area contributed by atoms with Crippen LogP contribution in [-0.2, 0) is 9.53 Å². The summed E-state index contributed by atoms with van der Waals surface area (Å²) in [7, 11) is 1.49. The highest BCUT2D eigenvalue weighted by atomic mass is 35.5. The third-order valence-electron chi connectivity index (χ3n) is 3.73. The lowest BCUT2D eigenvalue weighted by Gasteiger charge is -2.38. The molecule has 0 aromatic carbocycles. The van der Waals surface area contributed by atoms with Crippen molar-refractivity contribution in [1.29, 1.82) is 0 Å². The lowest BCUT2D eigenvalue weighted by Crippen LogP contribution is -2.50. The second-order valence-electron chi connectivity index (χ2n) is 4.63. The summed E-state index contributed by atoms with van der Waals surface area (Å²) < 4.78 is 4.83. The fourth-order valence-electron chi connectivity index (χ4n) is 2.96. The summed E-state index contributed by atoms with van der Waals surface area (Å²) in [6.07, 6.45) is 7.01. The molecule has 1 heterocycles. The number of rotatable bonds is 1. The van der Waals surface area contributed by atoms with E-state index in [0.717, 1.165) is 19.4 Å². The average molecular weight is 234 g/mol. The first-order valence-electron chi connectivity index (χ1n) is 5.59. The van der Waals surface area contributed by atoms with Crippen LogP contribution < -0.4 is 5.32 Å². The summed E-state index contributed by atoms with van der Waals surface area (Å²) in [6.45, 7) is 0.972. The monoisotopic (exact) mass is 233 g/mol. The first kappa shape index (κ1) is 12.8. The van der Waals surface area contributed by atoms with Gasteiger partial charge in [-0.15, -0.1) is 12.4 Å². The minimum atomic E-state index is -0.0159. The predicted octanol–water partition coefficient (Wildman–Crippen LogP) is 1.89. The largest absolute Gasteiger partial charge is 0.469 e. The van der Waals surface area contributed by atoms with Crippen LogP contribution in [0, 0.1) is 5.92 Å². The molecule has 2 fully saturated rings. The van der Waals surface area contributed by atoms with Gasteiger partial charge in [0.05, 0.1) is 13.0 Å². The quantitative estimate of drug-likeness (QED) is 0.703. The third kappa shape index (κ3) is 2.64. The van der Waals surface area contributed by atoms with Crippen LogP contribution >= 0.6 is 12.4 Å². The average Bonchev–Trinajstić information content (AvgIpc) is 2.65. The molecule has 0 amide bonds. The van der Waals surface area contributed by atoms with Crippen LogP contribution in [0.3, 0.4) is 0 Å². The molecule has 1 atom stereocenters. The normalized spacial score (nSPS) is 28.5. The molecule has 0 radical (unpaired) electrons. The molecule has 1 aliphatic heterocycles. The summed E-state index contributed by atoms with van der Waals surface area (Å²) in [5.74, 6) is 0.122. The Morgan fingerprint density at radius 2 is 2.07 bits per heavy atom. The van der Waals surface area contributed by atoms with Crippen LogP contribution in [-0.4, -0.2) is 25.2 Å². The molecule has 1 unspecified atom stereocenters. The summed E-state index contributed by atoms with van der Waals surface area (Å²) in [5.41, 5.74) is 0.275.